The van der Waals surface area contributed by atoms with Gasteiger partial charge in [0.15, 0.2) is 0 Å². The molecule has 1 aliphatic heterocycles. The standard InChI is InChI=1S/C27H31N3O/c1-19-10-11-23(30-16-14-29(15-17-30)22-12-13-22)18-26(19)27(31)28-20(2)24-9-5-7-21-6-3-4-8-25(21)24/h3-11,18,20,22H,12-17H2,1-2H3,(H,28,31). The Morgan fingerprint density at radius 1 is 0.968 bits per heavy atom. The van der Waals surface area contributed by atoms with Crippen molar-refractivity contribution in [2.75, 3.05) is 31.1 Å². The van der Waals surface area contributed by atoms with Crippen LogP contribution in [0, 0.1) is 6.92 Å². The number of fused-ring (bicyclic) bond motifs is 1. The van der Waals surface area contributed by atoms with Crippen molar-refractivity contribution in [1.82, 2.24) is 10.2 Å². The lowest BCUT2D eigenvalue weighted by Gasteiger charge is -2.36. The van der Waals surface area contributed by atoms with Crippen molar-refractivity contribution in [3.63, 3.8) is 0 Å². The average molecular weight is 414 g/mol. The van der Waals surface area contributed by atoms with Crippen LogP contribution in [0.1, 0.15) is 47.3 Å². The fourth-order valence-electron chi connectivity index (χ4n) is 4.82. The second-order valence-corrected chi connectivity index (χ2v) is 9.02. The molecular weight excluding hydrogens is 382 g/mol. The summed E-state index contributed by atoms with van der Waals surface area (Å²) in [6.07, 6.45) is 2.73. The molecule has 1 heterocycles. The molecule has 5 rings (SSSR count). The van der Waals surface area contributed by atoms with Crippen LogP contribution < -0.4 is 10.2 Å². The molecule has 0 bridgehead atoms. The molecular formula is C27H31N3O. The Balaban J connectivity index is 1.32. The summed E-state index contributed by atoms with van der Waals surface area (Å²) in [6, 6.07) is 21.7. The van der Waals surface area contributed by atoms with Gasteiger partial charge in [0.1, 0.15) is 0 Å². The molecule has 1 unspecified atom stereocenters. The number of aryl methyl sites for hydroxylation is 1. The van der Waals surface area contributed by atoms with E-state index in [-0.39, 0.29) is 11.9 Å². The molecule has 1 aliphatic carbocycles. The van der Waals surface area contributed by atoms with Crippen LogP contribution in [-0.2, 0) is 0 Å². The van der Waals surface area contributed by atoms with Crippen molar-refractivity contribution in [3.8, 4) is 0 Å². The van der Waals surface area contributed by atoms with E-state index in [1.807, 2.05) is 6.92 Å². The summed E-state index contributed by atoms with van der Waals surface area (Å²) in [4.78, 5) is 18.3. The summed E-state index contributed by atoms with van der Waals surface area (Å²) < 4.78 is 0. The van der Waals surface area contributed by atoms with Crippen molar-refractivity contribution >= 4 is 22.4 Å². The minimum Gasteiger partial charge on any atom is -0.369 e. The van der Waals surface area contributed by atoms with Crippen molar-refractivity contribution < 1.29 is 4.79 Å². The van der Waals surface area contributed by atoms with Gasteiger partial charge < -0.3 is 10.2 Å². The molecule has 2 aliphatic rings. The predicted octanol–water partition coefficient (Wildman–Crippen LogP) is 4.92. The van der Waals surface area contributed by atoms with Gasteiger partial charge in [0.05, 0.1) is 6.04 Å². The summed E-state index contributed by atoms with van der Waals surface area (Å²) in [5.74, 6) is -0.00333. The smallest absolute Gasteiger partial charge is 0.252 e. The first kappa shape index (κ1) is 20.1. The van der Waals surface area contributed by atoms with E-state index in [4.69, 9.17) is 0 Å². The van der Waals surface area contributed by atoms with Crippen molar-refractivity contribution in [1.29, 1.82) is 0 Å². The first-order valence-corrected chi connectivity index (χ1v) is 11.5. The number of nitrogens with zero attached hydrogens (tertiary/aromatic N) is 2. The number of piperazine rings is 1. The highest BCUT2D eigenvalue weighted by molar-refractivity contribution is 5.97. The molecule has 0 radical (unpaired) electrons. The monoisotopic (exact) mass is 413 g/mol. The fraction of sp³-hybridized carbons (Fsp3) is 0.370. The van der Waals surface area contributed by atoms with Crippen LogP contribution in [0.15, 0.2) is 60.7 Å². The van der Waals surface area contributed by atoms with Gasteiger partial charge in [-0.15, -0.1) is 0 Å². The van der Waals surface area contributed by atoms with E-state index in [0.717, 1.165) is 54.6 Å². The van der Waals surface area contributed by atoms with Crippen LogP contribution >= 0.6 is 0 Å². The lowest BCUT2D eigenvalue weighted by Crippen LogP contribution is -2.47. The Labute approximate surface area is 184 Å². The highest BCUT2D eigenvalue weighted by atomic mass is 16.1. The summed E-state index contributed by atoms with van der Waals surface area (Å²) in [6.45, 7) is 8.40. The van der Waals surface area contributed by atoms with Crippen LogP contribution in [0.3, 0.4) is 0 Å². The maximum atomic E-state index is 13.2. The Kier molecular flexibility index (Phi) is 5.41. The first-order chi connectivity index (χ1) is 15.1. The van der Waals surface area contributed by atoms with Gasteiger partial charge in [-0.25, -0.2) is 0 Å². The molecule has 3 aromatic rings. The van der Waals surface area contributed by atoms with Crippen LogP contribution in [0.2, 0.25) is 0 Å². The number of nitrogens with one attached hydrogen (secondary N) is 1. The third-order valence-corrected chi connectivity index (χ3v) is 6.85. The summed E-state index contributed by atoms with van der Waals surface area (Å²) >= 11 is 0. The number of benzene rings is 3. The fourth-order valence-corrected chi connectivity index (χ4v) is 4.82. The van der Waals surface area contributed by atoms with E-state index in [9.17, 15) is 4.79 Å². The molecule has 1 saturated carbocycles. The molecule has 31 heavy (non-hydrogen) atoms. The molecule has 160 valence electrons. The zero-order chi connectivity index (χ0) is 21.4. The Hall–Kier alpha value is -2.85. The molecule has 1 saturated heterocycles. The Morgan fingerprint density at radius 2 is 1.71 bits per heavy atom. The van der Waals surface area contributed by atoms with E-state index >= 15 is 0 Å². The molecule has 2 fully saturated rings. The molecule has 1 amide bonds. The lowest BCUT2D eigenvalue weighted by atomic mass is 9.99. The number of rotatable bonds is 5. The molecule has 1 N–H and O–H groups in total. The third-order valence-electron chi connectivity index (χ3n) is 6.85. The van der Waals surface area contributed by atoms with Crippen LogP contribution in [0.4, 0.5) is 5.69 Å². The van der Waals surface area contributed by atoms with Gasteiger partial charge in [0.2, 0.25) is 0 Å². The number of carbonyl (C=O) groups is 1. The van der Waals surface area contributed by atoms with Gasteiger partial charge in [-0.05, 0) is 60.7 Å². The largest absolute Gasteiger partial charge is 0.369 e. The van der Waals surface area contributed by atoms with Gasteiger partial charge in [0.25, 0.3) is 5.91 Å². The van der Waals surface area contributed by atoms with Gasteiger partial charge in [0, 0.05) is 43.5 Å². The number of anilines is 1. The zero-order valence-corrected chi connectivity index (χ0v) is 18.5. The molecule has 4 heteroatoms. The van der Waals surface area contributed by atoms with Crippen molar-refractivity contribution in [2.24, 2.45) is 0 Å². The van der Waals surface area contributed by atoms with E-state index < -0.39 is 0 Å². The van der Waals surface area contributed by atoms with E-state index in [1.165, 1.54) is 23.6 Å². The maximum absolute atomic E-state index is 13.2. The van der Waals surface area contributed by atoms with Crippen LogP contribution in [0.5, 0.6) is 0 Å². The Bertz CT molecular complexity index is 1090. The minimum atomic E-state index is -0.0660. The molecule has 1 atom stereocenters. The lowest BCUT2D eigenvalue weighted by molar-refractivity contribution is 0.0939. The zero-order valence-electron chi connectivity index (χ0n) is 18.5. The molecule has 4 nitrogen and oxygen atoms in total. The van der Waals surface area contributed by atoms with Crippen LogP contribution in [0.25, 0.3) is 10.8 Å². The van der Waals surface area contributed by atoms with Gasteiger partial charge in [-0.2, -0.15) is 0 Å². The van der Waals surface area contributed by atoms with Gasteiger partial charge >= 0.3 is 0 Å². The summed E-state index contributed by atoms with van der Waals surface area (Å²) in [5.41, 5.74) is 4.10. The third kappa shape index (κ3) is 4.17. The maximum Gasteiger partial charge on any atom is 0.252 e. The van der Waals surface area contributed by atoms with E-state index in [0.29, 0.717) is 0 Å². The molecule has 0 aromatic heterocycles. The normalized spacial score (nSPS) is 18.2. The summed E-state index contributed by atoms with van der Waals surface area (Å²) in [7, 11) is 0. The number of hydrogen-bond donors (Lipinski definition) is 1. The quantitative estimate of drug-likeness (QED) is 0.645. The SMILES string of the molecule is Cc1ccc(N2CCN(C3CC3)CC2)cc1C(=O)NC(C)c1cccc2ccccc12. The number of hydrogen-bond acceptors (Lipinski definition) is 3. The highest BCUT2D eigenvalue weighted by Gasteiger charge is 2.31. The number of carbonyl (C=O) groups excluding carboxylic acids is 1. The minimum absolute atomic E-state index is 0.00333. The predicted molar refractivity (Wildman–Crippen MR) is 128 cm³/mol. The average Bonchev–Trinajstić information content (AvgIpc) is 3.64. The van der Waals surface area contributed by atoms with Crippen molar-refractivity contribution in [3.05, 3.63) is 77.4 Å². The second-order valence-electron chi connectivity index (χ2n) is 9.02. The van der Waals surface area contributed by atoms with Crippen LogP contribution in [-0.4, -0.2) is 43.0 Å². The Morgan fingerprint density at radius 3 is 2.48 bits per heavy atom. The van der Waals surface area contributed by atoms with E-state index in [1.54, 1.807) is 0 Å². The van der Waals surface area contributed by atoms with Gasteiger partial charge in [-0.1, -0.05) is 48.5 Å². The van der Waals surface area contributed by atoms with Crippen molar-refractivity contribution in [2.45, 2.75) is 38.8 Å². The number of amides is 1. The highest BCUT2D eigenvalue weighted by Crippen LogP contribution is 2.29. The first-order valence-electron chi connectivity index (χ1n) is 11.5. The second kappa shape index (κ2) is 8.35. The van der Waals surface area contributed by atoms with Gasteiger partial charge in [-0.3, -0.25) is 9.69 Å². The topological polar surface area (TPSA) is 35.6 Å². The molecule has 3 aromatic carbocycles. The summed E-state index contributed by atoms with van der Waals surface area (Å²) in [5, 5.41) is 5.63. The molecule has 0 spiro atoms. The van der Waals surface area contributed by atoms with E-state index in [2.05, 4.69) is 82.7 Å².